The summed E-state index contributed by atoms with van der Waals surface area (Å²) in [7, 11) is 0. The van der Waals surface area contributed by atoms with Crippen LogP contribution >= 0.6 is 0 Å². The second kappa shape index (κ2) is 6.93. The smallest absolute Gasteiger partial charge is 0.245 e. The summed E-state index contributed by atoms with van der Waals surface area (Å²) in [5.41, 5.74) is 0.857. The Bertz CT molecular complexity index is 1090. The number of rotatable bonds is 5. The van der Waals surface area contributed by atoms with Gasteiger partial charge in [0.15, 0.2) is 5.82 Å². The Labute approximate surface area is 161 Å². The van der Waals surface area contributed by atoms with Crippen LogP contribution in [0.4, 0.5) is 17.6 Å². The normalized spacial score (nSPS) is 16.8. The zero-order valence-electron chi connectivity index (χ0n) is 15.2. The van der Waals surface area contributed by atoms with E-state index in [9.17, 15) is 5.11 Å². The van der Waals surface area contributed by atoms with Crippen molar-refractivity contribution in [2.45, 2.75) is 18.9 Å². The largest absolute Gasteiger partial charge is 0.394 e. The number of nitrogens with one attached hydrogen (secondary N) is 1. The van der Waals surface area contributed by atoms with E-state index in [0.717, 1.165) is 30.7 Å². The molecule has 0 aromatic carbocycles. The van der Waals surface area contributed by atoms with Gasteiger partial charge in [-0.2, -0.15) is 4.98 Å². The van der Waals surface area contributed by atoms with E-state index in [0.29, 0.717) is 17.6 Å². The summed E-state index contributed by atoms with van der Waals surface area (Å²) in [6, 6.07) is 9.67. The maximum atomic E-state index is 9.65. The van der Waals surface area contributed by atoms with Gasteiger partial charge >= 0.3 is 0 Å². The fourth-order valence-electron chi connectivity index (χ4n) is 3.57. The molecule has 0 spiro atoms. The minimum Gasteiger partial charge on any atom is -0.394 e. The number of aliphatic hydroxyl groups excluding tert-OH is 1. The van der Waals surface area contributed by atoms with E-state index in [1.807, 2.05) is 47.3 Å². The lowest BCUT2D eigenvalue weighted by Crippen LogP contribution is -2.34. The van der Waals surface area contributed by atoms with Gasteiger partial charge in [-0.05, 0) is 37.1 Å². The molecule has 2 N–H and O–H groups in total. The Morgan fingerprint density at radius 1 is 1.18 bits per heavy atom. The van der Waals surface area contributed by atoms with Gasteiger partial charge in [0.1, 0.15) is 23.5 Å². The summed E-state index contributed by atoms with van der Waals surface area (Å²) in [6.45, 7) is 0.941. The van der Waals surface area contributed by atoms with Crippen molar-refractivity contribution in [3.8, 4) is 5.82 Å². The first-order valence-electron chi connectivity index (χ1n) is 9.27. The van der Waals surface area contributed by atoms with E-state index in [4.69, 9.17) is 4.98 Å². The van der Waals surface area contributed by atoms with E-state index in [2.05, 4.69) is 25.3 Å². The highest BCUT2D eigenvalue weighted by Crippen LogP contribution is 2.26. The van der Waals surface area contributed by atoms with Gasteiger partial charge in [-0.15, -0.1) is 5.10 Å². The monoisotopic (exact) mass is 376 g/mol. The molecule has 9 heteroatoms. The van der Waals surface area contributed by atoms with Gasteiger partial charge < -0.3 is 15.3 Å². The van der Waals surface area contributed by atoms with Crippen LogP contribution in [0.15, 0.2) is 55.2 Å². The van der Waals surface area contributed by atoms with Gasteiger partial charge in [0.2, 0.25) is 5.95 Å². The third kappa shape index (κ3) is 2.95. The van der Waals surface area contributed by atoms with Crippen LogP contribution in [0.25, 0.3) is 11.3 Å². The molecule has 0 unspecified atom stereocenters. The average molecular weight is 376 g/mol. The topological polar surface area (TPSA) is 96.4 Å². The minimum atomic E-state index is 0.0595. The number of imidazole rings is 1. The van der Waals surface area contributed by atoms with Gasteiger partial charge in [-0.3, -0.25) is 4.57 Å². The van der Waals surface area contributed by atoms with Gasteiger partial charge in [0.25, 0.3) is 0 Å². The van der Waals surface area contributed by atoms with Crippen LogP contribution in [-0.4, -0.2) is 53.4 Å². The Hall–Kier alpha value is -3.46. The fraction of sp³-hybridized carbons (Fsp3) is 0.263. The van der Waals surface area contributed by atoms with Crippen LogP contribution in [-0.2, 0) is 0 Å². The van der Waals surface area contributed by atoms with Crippen LogP contribution < -0.4 is 10.2 Å². The predicted octanol–water partition coefficient (Wildman–Crippen LogP) is 2.01. The predicted molar refractivity (Wildman–Crippen MR) is 105 cm³/mol. The number of aliphatic hydroxyl groups is 1. The molecule has 1 aliphatic heterocycles. The highest BCUT2D eigenvalue weighted by molar-refractivity contribution is 5.73. The first kappa shape index (κ1) is 16.7. The van der Waals surface area contributed by atoms with Gasteiger partial charge in [-0.25, -0.2) is 14.5 Å². The van der Waals surface area contributed by atoms with E-state index in [1.54, 1.807) is 17.0 Å². The van der Waals surface area contributed by atoms with Crippen molar-refractivity contribution in [3.05, 3.63) is 55.2 Å². The molecule has 1 saturated heterocycles. The summed E-state index contributed by atoms with van der Waals surface area (Å²) >= 11 is 0. The zero-order chi connectivity index (χ0) is 18.9. The summed E-state index contributed by atoms with van der Waals surface area (Å²) in [4.78, 5) is 15.6. The number of fused-ring (bicyclic) bond motifs is 1. The maximum Gasteiger partial charge on any atom is 0.245 e. The SMILES string of the molecule is OC[C@@H]1CCCN1c1nc(Nc2cn(-c3ccccn3)cn2)c2cccn2n1. The summed E-state index contributed by atoms with van der Waals surface area (Å²) in [5.74, 6) is 2.73. The quantitative estimate of drug-likeness (QED) is 0.550. The molecule has 0 radical (unpaired) electrons. The molecular weight excluding hydrogens is 356 g/mol. The number of aromatic nitrogens is 6. The Morgan fingerprint density at radius 2 is 2.14 bits per heavy atom. The summed E-state index contributed by atoms with van der Waals surface area (Å²) in [5, 5.41) is 17.6. The maximum absolute atomic E-state index is 9.65. The van der Waals surface area contributed by atoms with E-state index in [1.165, 1.54) is 0 Å². The summed E-state index contributed by atoms with van der Waals surface area (Å²) < 4.78 is 3.65. The van der Waals surface area contributed by atoms with Gasteiger partial charge in [0, 0.05) is 18.9 Å². The molecule has 0 bridgehead atoms. The molecule has 1 atom stereocenters. The van der Waals surface area contributed by atoms with Crippen LogP contribution in [0.3, 0.4) is 0 Å². The third-order valence-electron chi connectivity index (χ3n) is 4.97. The molecule has 1 aliphatic rings. The van der Waals surface area contributed by atoms with Crippen LogP contribution in [0, 0.1) is 0 Å². The summed E-state index contributed by atoms with van der Waals surface area (Å²) in [6.07, 6.45) is 9.19. The molecule has 0 saturated carbocycles. The molecule has 142 valence electrons. The second-order valence-corrected chi connectivity index (χ2v) is 6.75. The zero-order valence-corrected chi connectivity index (χ0v) is 15.2. The van der Waals surface area contributed by atoms with Crippen molar-refractivity contribution in [1.29, 1.82) is 0 Å². The molecule has 5 rings (SSSR count). The second-order valence-electron chi connectivity index (χ2n) is 6.75. The standard InChI is InChI=1S/C19H20N8O/c28-12-14-5-3-9-26(14)19-23-18(15-6-4-10-27(15)24-19)22-16-11-25(13-21-16)17-7-1-2-8-20-17/h1-2,4,6-8,10-11,13-14,28H,3,5,9,12H2,(H,22,23,24)/t14-/m0/s1. The van der Waals surface area contributed by atoms with Crippen molar-refractivity contribution in [3.63, 3.8) is 0 Å². The third-order valence-corrected chi connectivity index (χ3v) is 4.97. The van der Waals surface area contributed by atoms with E-state index in [-0.39, 0.29) is 12.6 Å². The lowest BCUT2D eigenvalue weighted by atomic mass is 10.2. The number of hydrogen-bond acceptors (Lipinski definition) is 7. The van der Waals surface area contributed by atoms with Crippen LogP contribution in [0.1, 0.15) is 12.8 Å². The molecule has 1 fully saturated rings. The molecule has 0 aliphatic carbocycles. The average Bonchev–Trinajstić information content (AvgIpc) is 3.48. The van der Waals surface area contributed by atoms with Crippen molar-refractivity contribution in [1.82, 2.24) is 29.1 Å². The first-order chi connectivity index (χ1) is 13.8. The van der Waals surface area contributed by atoms with Crippen molar-refractivity contribution in [2.75, 3.05) is 23.4 Å². The highest BCUT2D eigenvalue weighted by atomic mass is 16.3. The molecular formula is C19H20N8O. The Morgan fingerprint density at radius 3 is 3.00 bits per heavy atom. The lowest BCUT2D eigenvalue weighted by Gasteiger charge is -2.23. The van der Waals surface area contributed by atoms with Gasteiger partial charge in [-0.1, -0.05) is 6.07 Å². The first-order valence-corrected chi connectivity index (χ1v) is 9.27. The lowest BCUT2D eigenvalue weighted by molar-refractivity contribution is 0.265. The number of hydrogen-bond donors (Lipinski definition) is 2. The van der Waals surface area contributed by atoms with E-state index >= 15 is 0 Å². The number of nitrogens with zero attached hydrogens (tertiary/aromatic N) is 7. The van der Waals surface area contributed by atoms with Crippen LogP contribution in [0.2, 0.25) is 0 Å². The molecule has 0 amide bonds. The van der Waals surface area contributed by atoms with Gasteiger partial charge in [0.05, 0.1) is 18.8 Å². The Balaban J connectivity index is 1.49. The molecule has 4 aromatic heterocycles. The molecule has 28 heavy (non-hydrogen) atoms. The fourth-order valence-corrected chi connectivity index (χ4v) is 3.57. The number of pyridine rings is 1. The number of anilines is 3. The minimum absolute atomic E-state index is 0.0595. The molecule has 4 aromatic rings. The Kier molecular flexibility index (Phi) is 4.13. The highest BCUT2D eigenvalue weighted by Gasteiger charge is 2.27. The van der Waals surface area contributed by atoms with Crippen molar-refractivity contribution >= 4 is 23.1 Å². The molecule has 9 nitrogen and oxygen atoms in total. The van der Waals surface area contributed by atoms with Crippen LogP contribution in [0.5, 0.6) is 0 Å². The van der Waals surface area contributed by atoms with E-state index < -0.39 is 0 Å². The molecule has 5 heterocycles. The van der Waals surface area contributed by atoms with Crippen molar-refractivity contribution in [2.24, 2.45) is 0 Å². The van der Waals surface area contributed by atoms with Crippen molar-refractivity contribution < 1.29 is 5.11 Å².